The molecule has 0 radical (unpaired) electrons. The molecule has 0 saturated carbocycles. The molecule has 106 valence electrons. The fourth-order valence-corrected chi connectivity index (χ4v) is 2.30. The minimum absolute atomic E-state index is 0.0290. The van der Waals surface area contributed by atoms with Crippen molar-refractivity contribution >= 4 is 21.6 Å². The maximum absolute atomic E-state index is 11.8. The summed E-state index contributed by atoms with van der Waals surface area (Å²) in [7, 11) is -2.29. The van der Waals surface area contributed by atoms with Crippen molar-refractivity contribution in [2.45, 2.75) is 18.2 Å². The van der Waals surface area contributed by atoms with Crippen molar-refractivity contribution in [3.63, 3.8) is 0 Å². The normalized spacial score (nSPS) is 11.3. The maximum atomic E-state index is 11.8. The van der Waals surface area contributed by atoms with Gasteiger partial charge in [0.25, 0.3) is 0 Å². The van der Waals surface area contributed by atoms with Crippen LogP contribution >= 0.6 is 0 Å². The first-order valence-corrected chi connectivity index (χ1v) is 7.39. The summed E-state index contributed by atoms with van der Waals surface area (Å²) < 4.78 is 30.8. The predicted molar refractivity (Wildman–Crippen MR) is 72.4 cm³/mol. The topological polar surface area (TPSA) is 84.5 Å². The Hall–Kier alpha value is -1.44. The second kappa shape index (κ2) is 7.22. The van der Waals surface area contributed by atoms with Gasteiger partial charge in [0, 0.05) is 6.61 Å². The Labute approximate surface area is 113 Å². The zero-order valence-electron chi connectivity index (χ0n) is 11.0. The summed E-state index contributed by atoms with van der Waals surface area (Å²) in [6, 6.07) is 6.20. The average Bonchev–Trinajstić information content (AvgIpc) is 2.39. The van der Waals surface area contributed by atoms with E-state index >= 15 is 0 Å². The Balaban J connectivity index is 2.82. The second-order valence-electron chi connectivity index (χ2n) is 3.80. The zero-order chi connectivity index (χ0) is 14.3. The summed E-state index contributed by atoms with van der Waals surface area (Å²) in [6.07, 6.45) is 0.817. The van der Waals surface area contributed by atoms with Crippen molar-refractivity contribution in [1.82, 2.24) is 4.72 Å². The molecule has 0 bridgehead atoms. The first kappa shape index (κ1) is 15.6. The number of sulfonamides is 1. The molecule has 1 amide bonds. The Morgan fingerprint density at radius 1 is 1.32 bits per heavy atom. The number of rotatable bonds is 7. The van der Waals surface area contributed by atoms with E-state index in [0.717, 1.165) is 6.42 Å². The third-order valence-corrected chi connectivity index (χ3v) is 3.77. The molecule has 0 saturated heterocycles. The highest BCUT2D eigenvalue weighted by molar-refractivity contribution is 7.89. The molecule has 0 unspecified atom stereocenters. The van der Waals surface area contributed by atoms with Crippen LogP contribution in [0.3, 0.4) is 0 Å². The highest BCUT2D eigenvalue weighted by atomic mass is 32.2. The molecular formula is C12H18N2O4S. The highest BCUT2D eigenvalue weighted by Gasteiger charge is 2.17. The molecule has 2 N–H and O–H groups in total. The lowest BCUT2D eigenvalue weighted by Crippen LogP contribution is -2.23. The van der Waals surface area contributed by atoms with E-state index in [1.54, 1.807) is 12.1 Å². The number of nitrogens with one attached hydrogen (secondary N) is 2. The van der Waals surface area contributed by atoms with Crippen LogP contribution in [0.2, 0.25) is 0 Å². The van der Waals surface area contributed by atoms with Gasteiger partial charge in [0.15, 0.2) is 0 Å². The van der Waals surface area contributed by atoms with E-state index in [9.17, 15) is 13.2 Å². The van der Waals surface area contributed by atoms with E-state index in [4.69, 9.17) is 4.74 Å². The lowest BCUT2D eigenvalue weighted by molar-refractivity contribution is -0.120. The zero-order valence-corrected chi connectivity index (χ0v) is 11.8. The molecule has 0 aliphatic carbocycles. The van der Waals surface area contributed by atoms with Crippen LogP contribution < -0.4 is 10.0 Å². The van der Waals surface area contributed by atoms with Gasteiger partial charge in [-0.15, -0.1) is 0 Å². The minimum atomic E-state index is -3.61. The first-order valence-electron chi connectivity index (χ1n) is 5.91. The average molecular weight is 286 g/mol. The van der Waals surface area contributed by atoms with Crippen LogP contribution in [-0.2, 0) is 19.6 Å². The lowest BCUT2D eigenvalue weighted by atomic mass is 10.3. The number of hydrogen-bond acceptors (Lipinski definition) is 4. The molecule has 0 aliphatic heterocycles. The first-order chi connectivity index (χ1) is 9.01. The minimum Gasteiger partial charge on any atom is -0.372 e. The number of anilines is 1. The van der Waals surface area contributed by atoms with E-state index < -0.39 is 10.0 Å². The molecule has 0 heterocycles. The van der Waals surface area contributed by atoms with Crippen LogP contribution in [0, 0.1) is 0 Å². The number of carbonyl (C=O) groups is 1. The summed E-state index contributed by atoms with van der Waals surface area (Å²) in [5, 5.41) is 2.53. The van der Waals surface area contributed by atoms with E-state index in [0.29, 0.717) is 6.61 Å². The van der Waals surface area contributed by atoms with Crippen LogP contribution in [-0.4, -0.2) is 34.6 Å². The van der Waals surface area contributed by atoms with E-state index in [-0.39, 0.29) is 23.1 Å². The van der Waals surface area contributed by atoms with Crippen LogP contribution in [0.25, 0.3) is 0 Å². The molecule has 0 atom stereocenters. The summed E-state index contributed by atoms with van der Waals surface area (Å²) in [5.74, 6) is -0.382. The maximum Gasteiger partial charge on any atom is 0.250 e. The van der Waals surface area contributed by atoms with Gasteiger partial charge in [0.2, 0.25) is 15.9 Å². The number of carbonyl (C=O) groups excluding carboxylic acids is 1. The number of benzene rings is 1. The van der Waals surface area contributed by atoms with Crippen molar-refractivity contribution in [2.75, 3.05) is 25.6 Å². The van der Waals surface area contributed by atoms with E-state index in [2.05, 4.69) is 10.0 Å². The van der Waals surface area contributed by atoms with Gasteiger partial charge in [-0.25, -0.2) is 13.1 Å². The molecule has 0 fully saturated rings. The quantitative estimate of drug-likeness (QED) is 0.731. The molecule has 1 rings (SSSR count). The molecule has 1 aromatic rings. The number of hydrogen-bond donors (Lipinski definition) is 2. The predicted octanol–water partition coefficient (Wildman–Crippen LogP) is 0.960. The van der Waals surface area contributed by atoms with E-state index in [1.165, 1.54) is 19.2 Å². The molecule has 7 heteroatoms. The monoisotopic (exact) mass is 286 g/mol. The molecule has 0 aliphatic rings. The standard InChI is InChI=1S/C12H18N2O4S/c1-3-8-18-9-12(15)14-10-6-4-5-7-11(10)19(16,17)13-2/h4-7,13H,3,8-9H2,1-2H3,(H,14,15). The number of para-hydroxylation sites is 1. The van der Waals surface area contributed by atoms with Crippen molar-refractivity contribution in [2.24, 2.45) is 0 Å². The van der Waals surface area contributed by atoms with Gasteiger partial charge >= 0.3 is 0 Å². The number of amides is 1. The molecule has 19 heavy (non-hydrogen) atoms. The largest absolute Gasteiger partial charge is 0.372 e. The van der Waals surface area contributed by atoms with Crippen LogP contribution in [0.15, 0.2) is 29.2 Å². The van der Waals surface area contributed by atoms with Gasteiger partial charge in [-0.2, -0.15) is 0 Å². The Morgan fingerprint density at radius 3 is 2.63 bits per heavy atom. The van der Waals surface area contributed by atoms with Gasteiger partial charge in [-0.1, -0.05) is 19.1 Å². The molecule has 6 nitrogen and oxygen atoms in total. The summed E-state index contributed by atoms with van der Waals surface area (Å²) in [6.45, 7) is 2.33. The molecule has 0 aromatic heterocycles. The highest BCUT2D eigenvalue weighted by Crippen LogP contribution is 2.20. The van der Waals surface area contributed by atoms with E-state index in [1.807, 2.05) is 6.92 Å². The SMILES string of the molecule is CCCOCC(=O)Nc1ccccc1S(=O)(=O)NC. The molecular weight excluding hydrogens is 268 g/mol. The fourth-order valence-electron chi connectivity index (χ4n) is 1.41. The van der Waals surface area contributed by atoms with Crippen molar-refractivity contribution in [1.29, 1.82) is 0 Å². The molecule has 1 aromatic carbocycles. The fraction of sp³-hybridized carbons (Fsp3) is 0.417. The number of ether oxygens (including phenoxy) is 1. The van der Waals surface area contributed by atoms with Gasteiger partial charge in [0.1, 0.15) is 11.5 Å². The van der Waals surface area contributed by atoms with Gasteiger partial charge < -0.3 is 10.1 Å². The van der Waals surface area contributed by atoms with Crippen LogP contribution in [0.4, 0.5) is 5.69 Å². The second-order valence-corrected chi connectivity index (χ2v) is 5.66. The van der Waals surface area contributed by atoms with Crippen LogP contribution in [0.1, 0.15) is 13.3 Å². The molecule has 0 spiro atoms. The third-order valence-electron chi connectivity index (χ3n) is 2.30. The Morgan fingerprint density at radius 2 is 2.00 bits per heavy atom. The Kier molecular flexibility index (Phi) is 5.94. The summed E-state index contributed by atoms with van der Waals surface area (Å²) in [5.41, 5.74) is 0.238. The van der Waals surface area contributed by atoms with Crippen molar-refractivity contribution < 1.29 is 17.9 Å². The lowest BCUT2D eigenvalue weighted by Gasteiger charge is -2.11. The summed E-state index contributed by atoms with van der Waals surface area (Å²) in [4.78, 5) is 11.6. The van der Waals surface area contributed by atoms with Gasteiger partial charge in [0.05, 0.1) is 5.69 Å². The Bertz CT molecular complexity index is 528. The van der Waals surface area contributed by atoms with Crippen molar-refractivity contribution in [3.05, 3.63) is 24.3 Å². The van der Waals surface area contributed by atoms with Gasteiger partial charge in [-0.05, 0) is 25.6 Å². The third kappa shape index (κ3) is 4.62. The smallest absolute Gasteiger partial charge is 0.250 e. The van der Waals surface area contributed by atoms with Crippen molar-refractivity contribution in [3.8, 4) is 0 Å². The summed E-state index contributed by atoms with van der Waals surface area (Å²) >= 11 is 0. The van der Waals surface area contributed by atoms with Gasteiger partial charge in [-0.3, -0.25) is 4.79 Å². The van der Waals surface area contributed by atoms with Crippen LogP contribution in [0.5, 0.6) is 0 Å².